The van der Waals surface area contributed by atoms with Crippen LogP contribution in [0.5, 0.6) is 0 Å². The van der Waals surface area contributed by atoms with E-state index < -0.39 is 22.0 Å². The van der Waals surface area contributed by atoms with Crippen molar-refractivity contribution in [2.45, 2.75) is 24.3 Å². The lowest BCUT2D eigenvalue weighted by atomic mass is 10.2. The zero-order chi connectivity index (χ0) is 15.2. The third-order valence-corrected chi connectivity index (χ3v) is 4.14. The van der Waals surface area contributed by atoms with Crippen molar-refractivity contribution >= 4 is 21.7 Å². The maximum atomic E-state index is 12.0. The van der Waals surface area contributed by atoms with Gasteiger partial charge in [0.25, 0.3) is 0 Å². The van der Waals surface area contributed by atoms with Crippen molar-refractivity contribution in [1.82, 2.24) is 4.72 Å². The molecule has 0 radical (unpaired) electrons. The molecular formula is C13H18N2O4S. The van der Waals surface area contributed by atoms with Gasteiger partial charge < -0.3 is 10.4 Å². The molecule has 1 unspecified atom stereocenters. The van der Waals surface area contributed by atoms with Crippen LogP contribution in [0, 0.1) is 0 Å². The average Bonchev–Trinajstić information content (AvgIpc) is 2.38. The maximum Gasteiger partial charge on any atom is 0.326 e. The van der Waals surface area contributed by atoms with Crippen molar-refractivity contribution in [1.29, 1.82) is 0 Å². The highest BCUT2D eigenvalue weighted by molar-refractivity contribution is 7.89. The summed E-state index contributed by atoms with van der Waals surface area (Å²) in [4.78, 5) is 11.1. The minimum atomic E-state index is -3.66. The zero-order valence-electron chi connectivity index (χ0n) is 11.2. The van der Waals surface area contributed by atoms with Crippen LogP contribution in [0.4, 0.5) is 5.69 Å². The quantitative estimate of drug-likeness (QED) is 0.631. The number of nitrogens with one attached hydrogen (secondary N) is 2. The summed E-state index contributed by atoms with van der Waals surface area (Å²) in [6, 6.07) is 5.25. The van der Waals surface area contributed by atoms with Gasteiger partial charge in [0.1, 0.15) is 10.9 Å². The molecule has 1 aromatic rings. The molecule has 1 atom stereocenters. The van der Waals surface area contributed by atoms with Gasteiger partial charge in [-0.15, -0.1) is 6.58 Å². The molecule has 1 rings (SSSR count). The van der Waals surface area contributed by atoms with Crippen LogP contribution in [0.1, 0.15) is 13.3 Å². The van der Waals surface area contributed by atoms with E-state index >= 15 is 0 Å². The predicted molar refractivity (Wildman–Crippen MR) is 77.2 cm³/mol. The fourth-order valence-corrected chi connectivity index (χ4v) is 2.87. The predicted octanol–water partition coefficient (Wildman–Crippen LogP) is 1.43. The van der Waals surface area contributed by atoms with Crippen LogP contribution < -0.4 is 10.0 Å². The van der Waals surface area contributed by atoms with Gasteiger partial charge in [0.05, 0.1) is 5.69 Å². The van der Waals surface area contributed by atoms with Crippen LogP contribution in [0.15, 0.2) is 41.8 Å². The third kappa shape index (κ3) is 4.07. The summed E-state index contributed by atoms with van der Waals surface area (Å²) in [7, 11) is -3.66. The number of hydrogen-bond acceptors (Lipinski definition) is 4. The van der Waals surface area contributed by atoms with E-state index in [1.54, 1.807) is 19.1 Å². The Balaban J connectivity index is 3.13. The smallest absolute Gasteiger partial charge is 0.326 e. The number of hydrogen-bond donors (Lipinski definition) is 3. The van der Waals surface area contributed by atoms with Crippen molar-refractivity contribution in [2.75, 3.05) is 11.9 Å². The van der Waals surface area contributed by atoms with Crippen LogP contribution >= 0.6 is 0 Å². The van der Waals surface area contributed by atoms with E-state index in [9.17, 15) is 13.2 Å². The first kappa shape index (κ1) is 16.2. The van der Waals surface area contributed by atoms with E-state index in [2.05, 4.69) is 16.6 Å². The van der Waals surface area contributed by atoms with Gasteiger partial charge in [-0.2, -0.15) is 0 Å². The first-order chi connectivity index (χ1) is 9.42. The molecule has 110 valence electrons. The number of rotatable bonds is 8. The van der Waals surface area contributed by atoms with Gasteiger partial charge in [0.15, 0.2) is 0 Å². The molecule has 1 aromatic carbocycles. The van der Waals surface area contributed by atoms with Crippen molar-refractivity contribution in [2.24, 2.45) is 0 Å². The molecule has 0 spiro atoms. The number of anilines is 1. The number of carboxylic acid groups (broad SMARTS) is 1. The average molecular weight is 298 g/mol. The molecule has 20 heavy (non-hydrogen) atoms. The van der Waals surface area contributed by atoms with Crippen LogP contribution in [-0.4, -0.2) is 32.1 Å². The molecular weight excluding hydrogens is 280 g/mol. The largest absolute Gasteiger partial charge is 0.480 e. The first-order valence-corrected chi connectivity index (χ1v) is 7.59. The Labute approximate surface area is 118 Å². The van der Waals surface area contributed by atoms with Crippen LogP contribution in [0.3, 0.4) is 0 Å². The summed E-state index contributed by atoms with van der Waals surface area (Å²) < 4.78 is 26.5. The van der Waals surface area contributed by atoms with Gasteiger partial charge in [-0.1, -0.05) is 25.1 Å². The lowest BCUT2D eigenvalue weighted by Gasteiger charge is -2.17. The third-order valence-electron chi connectivity index (χ3n) is 2.54. The van der Waals surface area contributed by atoms with Crippen molar-refractivity contribution < 1.29 is 18.3 Å². The van der Waals surface area contributed by atoms with E-state index in [-0.39, 0.29) is 23.5 Å². The lowest BCUT2D eigenvalue weighted by molar-refractivity contribution is -0.137. The summed E-state index contributed by atoms with van der Waals surface area (Å²) in [6.07, 6.45) is 1.65. The van der Waals surface area contributed by atoms with Crippen molar-refractivity contribution in [3.63, 3.8) is 0 Å². The monoisotopic (exact) mass is 298 g/mol. The van der Waals surface area contributed by atoms with Crippen molar-refractivity contribution in [3.8, 4) is 0 Å². The molecule has 0 fully saturated rings. The van der Waals surface area contributed by atoms with Crippen molar-refractivity contribution in [3.05, 3.63) is 36.9 Å². The van der Waals surface area contributed by atoms with Crippen LogP contribution in [0.2, 0.25) is 0 Å². The molecule has 7 heteroatoms. The van der Waals surface area contributed by atoms with E-state index in [1.165, 1.54) is 18.2 Å². The Bertz CT molecular complexity index is 584. The Hall–Kier alpha value is -1.86. The van der Waals surface area contributed by atoms with Gasteiger partial charge in [-0.05, 0) is 18.6 Å². The van der Waals surface area contributed by atoms with E-state index in [0.29, 0.717) is 0 Å². The number of carbonyl (C=O) groups is 1. The Morgan fingerprint density at radius 3 is 2.65 bits per heavy atom. The molecule has 0 saturated carbocycles. The summed E-state index contributed by atoms with van der Waals surface area (Å²) in [5.74, 6) is -1.07. The summed E-state index contributed by atoms with van der Waals surface area (Å²) in [5.41, 5.74) is 0.253. The molecule has 0 saturated heterocycles. The maximum absolute atomic E-state index is 12.0. The number of benzene rings is 1. The van der Waals surface area contributed by atoms with Crippen LogP contribution in [0.25, 0.3) is 0 Å². The van der Waals surface area contributed by atoms with E-state index in [0.717, 1.165) is 0 Å². The highest BCUT2D eigenvalue weighted by Gasteiger charge is 2.21. The van der Waals surface area contributed by atoms with Gasteiger partial charge in [-0.25, -0.2) is 17.9 Å². The molecule has 0 aromatic heterocycles. The molecule has 3 N–H and O–H groups in total. The second kappa shape index (κ2) is 7.06. The number of para-hydroxylation sites is 1. The van der Waals surface area contributed by atoms with Gasteiger partial charge in [0.2, 0.25) is 10.0 Å². The second-order valence-corrected chi connectivity index (χ2v) is 5.79. The normalized spacial score (nSPS) is 12.7. The first-order valence-electron chi connectivity index (χ1n) is 6.11. The standard InChI is InChI=1S/C13H18N2O4S/c1-3-7-11(13(16)17)15-10-8-5-6-9-12(10)20(18,19)14-4-2/h3,5-6,8-9,11,14-15H,1,4,7H2,2H3,(H,16,17). The van der Waals surface area contributed by atoms with Crippen LogP contribution in [-0.2, 0) is 14.8 Å². The summed E-state index contributed by atoms with van der Waals surface area (Å²) in [6.45, 7) is 5.42. The zero-order valence-corrected chi connectivity index (χ0v) is 12.0. The number of aliphatic carboxylic acids is 1. The molecule has 0 aliphatic carbocycles. The summed E-state index contributed by atoms with van der Waals surface area (Å²) in [5, 5.41) is 11.8. The Morgan fingerprint density at radius 1 is 1.45 bits per heavy atom. The minimum Gasteiger partial charge on any atom is -0.480 e. The van der Waals surface area contributed by atoms with E-state index in [4.69, 9.17) is 5.11 Å². The minimum absolute atomic E-state index is 0.0252. The molecule has 0 heterocycles. The fourth-order valence-electron chi connectivity index (χ4n) is 1.66. The second-order valence-electron chi connectivity index (χ2n) is 4.06. The van der Waals surface area contributed by atoms with Gasteiger partial charge in [-0.3, -0.25) is 0 Å². The Morgan fingerprint density at radius 2 is 2.10 bits per heavy atom. The lowest BCUT2D eigenvalue weighted by Crippen LogP contribution is -2.30. The Kier molecular flexibility index (Phi) is 5.72. The number of sulfonamides is 1. The number of carboxylic acids is 1. The van der Waals surface area contributed by atoms with Gasteiger partial charge in [0, 0.05) is 6.54 Å². The van der Waals surface area contributed by atoms with E-state index in [1.807, 2.05) is 0 Å². The fraction of sp³-hybridized carbons (Fsp3) is 0.308. The summed E-state index contributed by atoms with van der Waals surface area (Å²) >= 11 is 0. The molecule has 0 bridgehead atoms. The molecule has 0 amide bonds. The molecule has 0 aliphatic rings. The van der Waals surface area contributed by atoms with Gasteiger partial charge >= 0.3 is 5.97 Å². The topological polar surface area (TPSA) is 95.5 Å². The SMILES string of the molecule is C=CCC(Nc1ccccc1S(=O)(=O)NCC)C(=O)O. The highest BCUT2D eigenvalue weighted by Crippen LogP contribution is 2.22. The molecule has 6 nitrogen and oxygen atoms in total. The molecule has 0 aliphatic heterocycles. The highest BCUT2D eigenvalue weighted by atomic mass is 32.2.